The van der Waals surface area contributed by atoms with Gasteiger partial charge in [-0.3, -0.25) is 9.68 Å². The summed E-state index contributed by atoms with van der Waals surface area (Å²) in [5.74, 6) is -0.557. The molecule has 1 N–H and O–H groups in total. The lowest BCUT2D eigenvalue weighted by Crippen LogP contribution is -2.43. The molecule has 7 nitrogen and oxygen atoms in total. The Morgan fingerprint density at radius 3 is 1.74 bits per heavy atom. The number of esters is 1. The maximum absolute atomic E-state index is 13.5. The highest BCUT2D eigenvalue weighted by molar-refractivity contribution is 5.74. The Morgan fingerprint density at radius 2 is 1.21 bits per heavy atom. The lowest BCUT2D eigenvalue weighted by molar-refractivity contribution is -0.300. The SMILES string of the molecule is CCCCCCCCC(CCCCCCCC)OC(=O)CC1(CC(=O)OOC(CC)CC)CCN(CCCCO)CC1. The van der Waals surface area contributed by atoms with Crippen LogP contribution < -0.4 is 0 Å². The van der Waals surface area contributed by atoms with E-state index < -0.39 is 5.41 Å². The van der Waals surface area contributed by atoms with Gasteiger partial charge in [0.25, 0.3) is 0 Å². The zero-order chi connectivity index (χ0) is 30.9. The molecule has 0 amide bonds. The van der Waals surface area contributed by atoms with Crippen molar-refractivity contribution in [3.8, 4) is 0 Å². The molecule has 0 aromatic carbocycles. The van der Waals surface area contributed by atoms with Crippen molar-refractivity contribution in [2.75, 3.05) is 26.2 Å². The van der Waals surface area contributed by atoms with Crippen molar-refractivity contribution < 1.29 is 29.2 Å². The number of piperidine rings is 1. The molecule has 0 aromatic heterocycles. The van der Waals surface area contributed by atoms with Crippen molar-refractivity contribution in [1.29, 1.82) is 0 Å². The lowest BCUT2D eigenvalue weighted by Gasteiger charge is -2.41. The van der Waals surface area contributed by atoms with Crippen LogP contribution in [-0.4, -0.2) is 60.4 Å². The molecule has 0 radical (unpaired) electrons. The van der Waals surface area contributed by atoms with Gasteiger partial charge in [-0.2, -0.15) is 4.89 Å². The van der Waals surface area contributed by atoms with Crippen LogP contribution in [0.1, 0.15) is 169 Å². The van der Waals surface area contributed by atoms with Crippen LogP contribution in [0.3, 0.4) is 0 Å². The van der Waals surface area contributed by atoms with E-state index in [0.29, 0.717) is 0 Å². The molecule has 248 valence electrons. The van der Waals surface area contributed by atoms with Crippen LogP contribution in [0.4, 0.5) is 0 Å². The van der Waals surface area contributed by atoms with Gasteiger partial charge >= 0.3 is 11.9 Å². The van der Waals surface area contributed by atoms with E-state index in [0.717, 1.165) is 83.8 Å². The number of likely N-dealkylation sites (tertiary alicyclic amines) is 1. The zero-order valence-corrected chi connectivity index (χ0v) is 28.0. The van der Waals surface area contributed by atoms with E-state index in [9.17, 15) is 9.59 Å². The number of rotatable bonds is 27. The van der Waals surface area contributed by atoms with Gasteiger partial charge in [-0.25, -0.2) is 4.79 Å². The first kappa shape index (κ1) is 38.8. The quantitative estimate of drug-likeness (QED) is 0.0439. The van der Waals surface area contributed by atoms with Crippen molar-refractivity contribution in [3.05, 3.63) is 0 Å². The molecule has 0 bridgehead atoms. The fraction of sp³-hybridized carbons (Fsp3) is 0.943. The van der Waals surface area contributed by atoms with Gasteiger partial charge in [0.2, 0.25) is 0 Å². The van der Waals surface area contributed by atoms with Gasteiger partial charge in [0.05, 0.1) is 12.8 Å². The minimum atomic E-state index is -0.468. The summed E-state index contributed by atoms with van der Waals surface area (Å²) in [6.07, 6.45) is 21.7. The number of aliphatic hydroxyl groups is 1. The summed E-state index contributed by atoms with van der Waals surface area (Å²) in [6.45, 7) is 11.3. The van der Waals surface area contributed by atoms with E-state index in [1.54, 1.807) is 0 Å². The fourth-order valence-electron chi connectivity index (χ4n) is 6.10. The van der Waals surface area contributed by atoms with Crippen molar-refractivity contribution in [2.24, 2.45) is 5.41 Å². The second kappa shape index (κ2) is 25.2. The third-order valence-electron chi connectivity index (χ3n) is 9.08. The third kappa shape index (κ3) is 18.5. The summed E-state index contributed by atoms with van der Waals surface area (Å²) >= 11 is 0. The normalized spacial score (nSPS) is 15.4. The summed E-state index contributed by atoms with van der Waals surface area (Å²) < 4.78 is 6.19. The molecule has 1 heterocycles. The van der Waals surface area contributed by atoms with Crippen LogP contribution in [0.5, 0.6) is 0 Å². The van der Waals surface area contributed by atoms with E-state index in [-0.39, 0.29) is 43.6 Å². The van der Waals surface area contributed by atoms with Crippen molar-refractivity contribution in [2.45, 2.75) is 181 Å². The number of carbonyl (C=O) groups is 2. The summed E-state index contributed by atoms with van der Waals surface area (Å²) in [4.78, 5) is 39.4. The van der Waals surface area contributed by atoms with Crippen LogP contribution in [0.25, 0.3) is 0 Å². The van der Waals surface area contributed by atoms with Crippen LogP contribution in [-0.2, 0) is 24.1 Å². The lowest BCUT2D eigenvalue weighted by atomic mass is 9.73. The average molecular weight is 598 g/mol. The number of unbranched alkanes of at least 4 members (excludes halogenated alkanes) is 11. The van der Waals surface area contributed by atoms with Gasteiger partial charge in [-0.15, -0.1) is 0 Å². The third-order valence-corrected chi connectivity index (χ3v) is 9.08. The zero-order valence-electron chi connectivity index (χ0n) is 28.0. The largest absolute Gasteiger partial charge is 0.462 e. The van der Waals surface area contributed by atoms with Crippen molar-refractivity contribution in [3.63, 3.8) is 0 Å². The van der Waals surface area contributed by atoms with E-state index in [4.69, 9.17) is 19.6 Å². The number of aliphatic hydroxyl groups excluding tert-OH is 1. The first-order chi connectivity index (χ1) is 20.4. The molecule has 0 aromatic rings. The Bertz CT molecular complexity index is 644. The number of hydrogen-bond acceptors (Lipinski definition) is 7. The van der Waals surface area contributed by atoms with E-state index in [2.05, 4.69) is 18.7 Å². The van der Waals surface area contributed by atoms with Crippen molar-refractivity contribution in [1.82, 2.24) is 4.90 Å². The number of hydrogen-bond donors (Lipinski definition) is 1. The molecule has 0 atom stereocenters. The second-order valence-electron chi connectivity index (χ2n) is 12.8. The summed E-state index contributed by atoms with van der Waals surface area (Å²) in [5.41, 5.74) is -0.468. The van der Waals surface area contributed by atoms with Gasteiger partial charge in [0.15, 0.2) is 0 Å². The smallest absolute Gasteiger partial charge is 0.342 e. The molecule has 1 fully saturated rings. The first-order valence-electron chi connectivity index (χ1n) is 17.8. The fourth-order valence-corrected chi connectivity index (χ4v) is 6.10. The summed E-state index contributed by atoms with van der Waals surface area (Å²) in [5, 5.41) is 9.15. The molecule has 1 aliphatic heterocycles. The second-order valence-corrected chi connectivity index (χ2v) is 12.8. The standard InChI is InChI=1S/C35H67NO6/c1-5-9-11-13-15-17-21-32(22-18-16-14-12-10-6-2)40-33(38)29-35(30-34(39)42-41-31(7-3)8-4)23-26-36(27-24-35)25-19-20-28-37/h31-32,37H,5-30H2,1-4H3. The Hall–Kier alpha value is -1.18. The molecule has 1 saturated heterocycles. The van der Waals surface area contributed by atoms with E-state index in [1.807, 2.05) is 13.8 Å². The van der Waals surface area contributed by atoms with Gasteiger partial charge in [0, 0.05) is 6.61 Å². The maximum atomic E-state index is 13.5. The van der Waals surface area contributed by atoms with Crippen LogP contribution in [0.2, 0.25) is 0 Å². The number of nitrogens with zero attached hydrogens (tertiary/aromatic N) is 1. The molecule has 42 heavy (non-hydrogen) atoms. The minimum Gasteiger partial charge on any atom is -0.462 e. The Morgan fingerprint density at radius 1 is 0.690 bits per heavy atom. The topological polar surface area (TPSA) is 85.3 Å². The highest BCUT2D eigenvalue weighted by Crippen LogP contribution is 2.40. The molecule has 0 saturated carbocycles. The molecule has 1 rings (SSSR count). The molecule has 0 aliphatic carbocycles. The van der Waals surface area contributed by atoms with Gasteiger partial charge in [0.1, 0.15) is 12.2 Å². The molecule has 0 unspecified atom stereocenters. The molecule has 0 spiro atoms. The Labute approximate surface area is 258 Å². The Kier molecular flexibility index (Phi) is 23.3. The van der Waals surface area contributed by atoms with Crippen molar-refractivity contribution >= 4 is 11.9 Å². The molecular formula is C35H67NO6. The van der Waals surface area contributed by atoms with E-state index in [1.165, 1.54) is 64.2 Å². The van der Waals surface area contributed by atoms with Crippen LogP contribution >= 0.6 is 0 Å². The number of carbonyl (C=O) groups excluding carboxylic acids is 2. The van der Waals surface area contributed by atoms with Gasteiger partial charge < -0.3 is 14.7 Å². The van der Waals surface area contributed by atoms with Crippen LogP contribution in [0, 0.1) is 5.41 Å². The maximum Gasteiger partial charge on any atom is 0.342 e. The average Bonchev–Trinajstić information content (AvgIpc) is 2.98. The number of ether oxygens (including phenoxy) is 1. The Balaban J connectivity index is 2.78. The highest BCUT2D eigenvalue weighted by Gasteiger charge is 2.40. The molecular weight excluding hydrogens is 530 g/mol. The predicted octanol–water partition coefficient (Wildman–Crippen LogP) is 8.70. The van der Waals surface area contributed by atoms with Crippen LogP contribution in [0.15, 0.2) is 0 Å². The van der Waals surface area contributed by atoms with E-state index >= 15 is 0 Å². The summed E-state index contributed by atoms with van der Waals surface area (Å²) in [6, 6.07) is 0. The minimum absolute atomic E-state index is 0.0318. The van der Waals surface area contributed by atoms with Gasteiger partial charge in [-0.1, -0.05) is 91.9 Å². The highest BCUT2D eigenvalue weighted by atomic mass is 17.2. The predicted molar refractivity (Wildman–Crippen MR) is 171 cm³/mol. The molecule has 1 aliphatic rings. The summed E-state index contributed by atoms with van der Waals surface area (Å²) in [7, 11) is 0. The van der Waals surface area contributed by atoms with Gasteiger partial charge in [-0.05, 0) is 89.3 Å². The monoisotopic (exact) mass is 597 g/mol. The molecule has 7 heteroatoms. The first-order valence-corrected chi connectivity index (χ1v) is 17.8.